The molecule has 41 heavy (non-hydrogen) atoms. The Morgan fingerprint density at radius 1 is 0.951 bits per heavy atom. The quantitative estimate of drug-likeness (QED) is 0.385. The summed E-state index contributed by atoms with van der Waals surface area (Å²) in [4.78, 5) is 16.0. The van der Waals surface area contributed by atoms with Gasteiger partial charge in [0.05, 0.1) is 19.6 Å². The molecule has 1 saturated heterocycles. The topological polar surface area (TPSA) is 71.5 Å². The summed E-state index contributed by atoms with van der Waals surface area (Å²) in [6.07, 6.45) is 0.941. The summed E-state index contributed by atoms with van der Waals surface area (Å²) in [6.45, 7) is 11.5. The van der Waals surface area contributed by atoms with Crippen LogP contribution in [-0.2, 0) is 11.2 Å². The van der Waals surface area contributed by atoms with Crippen molar-refractivity contribution in [1.29, 1.82) is 0 Å². The number of hydrogen-bond donors (Lipinski definition) is 1. The third kappa shape index (κ3) is 5.92. The summed E-state index contributed by atoms with van der Waals surface area (Å²) < 4.78 is 18.4. The van der Waals surface area contributed by atoms with Gasteiger partial charge in [-0.1, -0.05) is 30.3 Å². The van der Waals surface area contributed by atoms with E-state index < -0.39 is 5.97 Å². The van der Waals surface area contributed by atoms with Gasteiger partial charge in [-0.05, 0) is 67.8 Å². The lowest BCUT2D eigenvalue weighted by molar-refractivity contribution is -0.137. The number of aryl methyl sites for hydroxylation is 2. The number of hydrogen-bond acceptors (Lipinski definition) is 6. The molecule has 216 valence electrons. The zero-order chi connectivity index (χ0) is 28.5. The highest BCUT2D eigenvalue weighted by atomic mass is 16.5. The number of rotatable bonds is 9. The number of aliphatic carboxylic acids is 1. The van der Waals surface area contributed by atoms with E-state index in [9.17, 15) is 9.90 Å². The highest BCUT2D eigenvalue weighted by Crippen LogP contribution is 2.46. The van der Waals surface area contributed by atoms with E-state index in [-0.39, 0.29) is 18.3 Å². The van der Waals surface area contributed by atoms with Crippen LogP contribution in [0.25, 0.3) is 11.1 Å². The maximum absolute atomic E-state index is 11.2. The average Bonchev–Trinajstić information content (AvgIpc) is 3.53. The van der Waals surface area contributed by atoms with Crippen LogP contribution in [-0.4, -0.2) is 80.5 Å². The summed E-state index contributed by atoms with van der Waals surface area (Å²) in [5, 5.41) is 9.20. The SMILES string of the molecule is Cc1cc(OCCN2CCN(C)CC2)cc(C)c1-c1cccc2c1OC[C@H]2Cc1ccc2c(c1)OC[C@H]2CC(=O)O. The molecule has 3 aliphatic heterocycles. The summed E-state index contributed by atoms with van der Waals surface area (Å²) in [5.41, 5.74) is 8.13. The number of carboxylic acid groups (broad SMARTS) is 1. The molecule has 0 saturated carbocycles. The molecule has 7 nitrogen and oxygen atoms in total. The third-order valence-electron chi connectivity index (χ3n) is 8.82. The molecule has 0 spiro atoms. The molecule has 7 heteroatoms. The Morgan fingerprint density at radius 3 is 2.46 bits per heavy atom. The minimum absolute atomic E-state index is 0.0742. The van der Waals surface area contributed by atoms with E-state index in [1.165, 1.54) is 27.8 Å². The van der Waals surface area contributed by atoms with E-state index in [0.717, 1.165) is 67.5 Å². The molecule has 3 aromatic rings. The highest BCUT2D eigenvalue weighted by molar-refractivity contribution is 5.79. The molecular weight excluding hydrogens is 516 g/mol. The second kappa shape index (κ2) is 11.7. The molecule has 0 aromatic heterocycles. The van der Waals surface area contributed by atoms with Gasteiger partial charge in [-0.2, -0.15) is 0 Å². The Kier molecular flexibility index (Phi) is 7.91. The fraction of sp³-hybridized carbons (Fsp3) is 0.441. The molecule has 0 aliphatic carbocycles. The molecule has 3 aliphatic rings. The Bertz CT molecular complexity index is 1410. The number of likely N-dealkylation sites (N-methyl/N-ethyl adjacent to an activating group) is 1. The molecule has 3 heterocycles. The van der Waals surface area contributed by atoms with E-state index in [2.05, 4.69) is 73.2 Å². The van der Waals surface area contributed by atoms with E-state index in [1.54, 1.807) is 0 Å². The van der Waals surface area contributed by atoms with Gasteiger partial charge in [0, 0.05) is 61.2 Å². The summed E-state index contributed by atoms with van der Waals surface area (Å²) in [6, 6.07) is 17.0. The fourth-order valence-corrected chi connectivity index (χ4v) is 6.59. The standard InChI is InChI=1S/C34H40N2O5/c1-22-15-27(39-14-13-36-11-9-35(3)10-12-36)16-23(2)33(22)30-6-4-5-29-25(21-41-34(29)30)17-24-7-8-28-26(19-32(37)38)20-40-31(28)18-24/h4-8,15-16,18,25-26H,9-14,17,19-21H2,1-3H3,(H,37,38)/t25-,26-/m1/s1. The molecule has 0 bridgehead atoms. The van der Waals surface area contributed by atoms with Crippen LogP contribution in [0.1, 0.15) is 46.1 Å². The van der Waals surface area contributed by atoms with Crippen LogP contribution in [0.3, 0.4) is 0 Å². The van der Waals surface area contributed by atoms with Crippen molar-refractivity contribution in [2.75, 3.05) is 59.6 Å². The van der Waals surface area contributed by atoms with Crippen LogP contribution in [0, 0.1) is 13.8 Å². The third-order valence-corrected chi connectivity index (χ3v) is 8.82. The van der Waals surface area contributed by atoms with E-state index in [1.807, 2.05) is 6.07 Å². The van der Waals surface area contributed by atoms with Gasteiger partial charge in [-0.3, -0.25) is 9.69 Å². The van der Waals surface area contributed by atoms with Crippen LogP contribution < -0.4 is 14.2 Å². The van der Waals surface area contributed by atoms with Crippen LogP contribution in [0.4, 0.5) is 0 Å². The number of benzene rings is 3. The van der Waals surface area contributed by atoms with Crippen molar-refractivity contribution in [3.8, 4) is 28.4 Å². The Hall–Kier alpha value is -3.55. The van der Waals surface area contributed by atoms with Gasteiger partial charge in [0.1, 0.15) is 23.9 Å². The summed E-state index contributed by atoms with van der Waals surface area (Å²) >= 11 is 0. The predicted octanol–water partition coefficient (Wildman–Crippen LogP) is 5.27. The molecular formula is C34H40N2O5. The van der Waals surface area contributed by atoms with Crippen molar-refractivity contribution in [2.45, 2.75) is 38.5 Å². The number of ether oxygens (including phenoxy) is 3. The van der Waals surface area contributed by atoms with Crippen LogP contribution in [0.5, 0.6) is 17.2 Å². The second-order valence-electron chi connectivity index (χ2n) is 11.8. The van der Waals surface area contributed by atoms with E-state index in [0.29, 0.717) is 19.8 Å². The van der Waals surface area contributed by atoms with Gasteiger partial charge >= 0.3 is 5.97 Å². The number of carboxylic acids is 1. The molecule has 0 amide bonds. The zero-order valence-corrected chi connectivity index (χ0v) is 24.3. The van der Waals surface area contributed by atoms with Crippen molar-refractivity contribution in [3.05, 3.63) is 76.3 Å². The molecule has 3 aromatic carbocycles. The normalized spacial score (nSPS) is 20.3. The highest BCUT2D eigenvalue weighted by Gasteiger charge is 2.30. The monoisotopic (exact) mass is 556 g/mol. The first-order valence-electron chi connectivity index (χ1n) is 14.7. The molecule has 1 fully saturated rings. The van der Waals surface area contributed by atoms with Gasteiger partial charge in [-0.25, -0.2) is 0 Å². The first-order valence-corrected chi connectivity index (χ1v) is 14.7. The molecule has 1 N–H and O–H groups in total. The van der Waals surface area contributed by atoms with Crippen molar-refractivity contribution in [1.82, 2.24) is 9.80 Å². The maximum atomic E-state index is 11.2. The Morgan fingerprint density at radius 2 is 1.71 bits per heavy atom. The van der Waals surface area contributed by atoms with Crippen molar-refractivity contribution in [3.63, 3.8) is 0 Å². The second-order valence-corrected chi connectivity index (χ2v) is 11.8. The van der Waals surface area contributed by atoms with E-state index in [4.69, 9.17) is 14.2 Å². The van der Waals surface area contributed by atoms with Crippen molar-refractivity contribution >= 4 is 5.97 Å². The number of fused-ring (bicyclic) bond motifs is 2. The summed E-state index contributed by atoms with van der Waals surface area (Å²) in [5.74, 6) is 2.10. The number of nitrogens with zero attached hydrogens (tertiary/aromatic N) is 2. The Balaban J connectivity index is 1.15. The number of carbonyl (C=O) groups is 1. The molecule has 6 rings (SSSR count). The minimum atomic E-state index is -0.792. The number of para-hydroxylation sites is 1. The van der Waals surface area contributed by atoms with Gasteiger partial charge in [-0.15, -0.1) is 0 Å². The van der Waals surface area contributed by atoms with Crippen molar-refractivity contribution < 1.29 is 24.1 Å². The van der Waals surface area contributed by atoms with Gasteiger partial charge < -0.3 is 24.2 Å². The first kappa shape index (κ1) is 27.6. The molecule has 0 radical (unpaired) electrons. The Labute approximate surface area is 242 Å². The number of piperazine rings is 1. The average molecular weight is 557 g/mol. The van der Waals surface area contributed by atoms with Crippen molar-refractivity contribution in [2.24, 2.45) is 0 Å². The summed E-state index contributed by atoms with van der Waals surface area (Å²) in [7, 11) is 2.18. The van der Waals surface area contributed by atoms with Crippen LogP contribution in [0.15, 0.2) is 48.5 Å². The van der Waals surface area contributed by atoms with Gasteiger partial charge in [0.25, 0.3) is 0 Å². The zero-order valence-electron chi connectivity index (χ0n) is 24.3. The predicted molar refractivity (Wildman–Crippen MR) is 160 cm³/mol. The van der Waals surface area contributed by atoms with Crippen LogP contribution in [0.2, 0.25) is 0 Å². The molecule has 0 unspecified atom stereocenters. The van der Waals surface area contributed by atoms with Gasteiger partial charge in [0.15, 0.2) is 0 Å². The largest absolute Gasteiger partial charge is 0.493 e. The van der Waals surface area contributed by atoms with Crippen LogP contribution >= 0.6 is 0 Å². The first-order chi connectivity index (χ1) is 19.9. The lowest BCUT2D eigenvalue weighted by Gasteiger charge is -2.32. The lowest BCUT2D eigenvalue weighted by Crippen LogP contribution is -2.45. The smallest absolute Gasteiger partial charge is 0.304 e. The fourth-order valence-electron chi connectivity index (χ4n) is 6.59. The molecule has 2 atom stereocenters. The van der Waals surface area contributed by atoms with Gasteiger partial charge in [0.2, 0.25) is 0 Å². The maximum Gasteiger partial charge on any atom is 0.304 e. The minimum Gasteiger partial charge on any atom is -0.493 e. The van der Waals surface area contributed by atoms with E-state index >= 15 is 0 Å². The lowest BCUT2D eigenvalue weighted by atomic mass is 9.88.